The number of nitrogens with zero attached hydrogens (tertiary/aromatic N) is 2. The molecule has 0 aromatic carbocycles. The molecule has 0 aliphatic carbocycles. The van der Waals surface area contributed by atoms with Gasteiger partial charge in [0.05, 0.1) is 16.4 Å². The van der Waals surface area contributed by atoms with Crippen LogP contribution >= 0.6 is 15.9 Å². The van der Waals surface area contributed by atoms with E-state index in [2.05, 4.69) is 20.9 Å². The van der Waals surface area contributed by atoms with Gasteiger partial charge in [0.1, 0.15) is 6.61 Å². The second-order valence-electron chi connectivity index (χ2n) is 3.21. The average molecular weight is 290 g/mol. The third-order valence-electron chi connectivity index (χ3n) is 1.61. The molecule has 0 saturated carbocycles. The maximum Gasteiger partial charge on any atom is 0.228 e. The van der Waals surface area contributed by atoms with Crippen molar-refractivity contribution >= 4 is 21.6 Å². The van der Waals surface area contributed by atoms with Crippen LogP contribution in [0.3, 0.4) is 0 Å². The van der Waals surface area contributed by atoms with Crippen molar-refractivity contribution in [3.63, 3.8) is 0 Å². The fraction of sp³-hybridized carbons (Fsp3) is 0.545. The summed E-state index contributed by atoms with van der Waals surface area (Å²) < 4.78 is 6.24. The molecule has 0 amide bonds. The Labute approximate surface area is 106 Å². The predicted molar refractivity (Wildman–Crippen MR) is 71.7 cm³/mol. The number of nitrogen functional groups attached to an aromatic ring is 1. The van der Waals surface area contributed by atoms with Crippen LogP contribution in [0.25, 0.3) is 0 Å². The van der Waals surface area contributed by atoms with Crippen LogP contribution in [-0.2, 0) is 0 Å². The maximum absolute atomic E-state index is 5.55. The number of likely N-dealkylation sites (N-methyl/N-ethyl adjacent to an activating group) is 1. The molecule has 4 nitrogen and oxygen atoms in total. The highest BCUT2D eigenvalue weighted by Gasteiger charge is 2.02. The molecule has 92 valence electrons. The molecule has 0 unspecified atom stereocenters. The molecule has 2 N–H and O–H groups in total. The molecule has 0 bridgehead atoms. The molecular weight excluding hydrogens is 270 g/mol. The molecule has 5 heteroatoms. The zero-order chi connectivity index (χ0) is 12.6. The highest BCUT2D eigenvalue weighted by Crippen LogP contribution is 2.23. The molecule has 1 aromatic heterocycles. The summed E-state index contributed by atoms with van der Waals surface area (Å²) in [6.07, 6.45) is 1.58. The van der Waals surface area contributed by atoms with Gasteiger partial charge in [-0.1, -0.05) is 13.8 Å². The maximum atomic E-state index is 5.55. The van der Waals surface area contributed by atoms with Crippen molar-refractivity contribution in [2.24, 2.45) is 0 Å². The number of rotatable bonds is 4. The van der Waals surface area contributed by atoms with Gasteiger partial charge in [-0.05, 0) is 36.1 Å². The molecule has 0 aliphatic rings. The number of pyridine rings is 1. The predicted octanol–water partition coefficient (Wildman–Crippen LogP) is 2.39. The molecule has 0 atom stereocenters. The molecule has 0 spiro atoms. The molecule has 1 rings (SSSR count). The fourth-order valence-corrected chi connectivity index (χ4v) is 1.35. The summed E-state index contributed by atoms with van der Waals surface area (Å²) in [5.74, 6) is 0.584. The first kappa shape index (κ1) is 15.2. The van der Waals surface area contributed by atoms with Gasteiger partial charge in [0.2, 0.25) is 5.88 Å². The van der Waals surface area contributed by atoms with E-state index in [1.165, 1.54) is 0 Å². The highest BCUT2D eigenvalue weighted by molar-refractivity contribution is 9.10. The van der Waals surface area contributed by atoms with Gasteiger partial charge in [0.15, 0.2) is 0 Å². The minimum Gasteiger partial charge on any atom is -0.476 e. The number of hydrogen-bond donors (Lipinski definition) is 1. The first-order chi connectivity index (χ1) is 7.59. The Balaban J connectivity index is 0.00000106. The van der Waals surface area contributed by atoms with E-state index in [-0.39, 0.29) is 0 Å². The number of hydrogen-bond acceptors (Lipinski definition) is 4. The van der Waals surface area contributed by atoms with Gasteiger partial charge >= 0.3 is 0 Å². The van der Waals surface area contributed by atoms with Gasteiger partial charge in [-0.25, -0.2) is 4.98 Å². The largest absolute Gasteiger partial charge is 0.476 e. The van der Waals surface area contributed by atoms with Gasteiger partial charge in [-0.15, -0.1) is 0 Å². The van der Waals surface area contributed by atoms with Crippen LogP contribution < -0.4 is 10.5 Å². The number of halogens is 1. The number of aromatic nitrogens is 1. The lowest BCUT2D eigenvalue weighted by Crippen LogP contribution is -2.19. The van der Waals surface area contributed by atoms with Crippen LogP contribution in [0.5, 0.6) is 5.88 Å². The second kappa shape index (κ2) is 8.35. The second-order valence-corrected chi connectivity index (χ2v) is 4.06. The van der Waals surface area contributed by atoms with Gasteiger partial charge in [0.25, 0.3) is 0 Å². The normalized spacial score (nSPS) is 9.62. The zero-order valence-corrected chi connectivity index (χ0v) is 11.9. The zero-order valence-electron chi connectivity index (χ0n) is 10.3. The third-order valence-corrected chi connectivity index (χ3v) is 2.17. The number of anilines is 1. The molecule has 0 saturated heterocycles. The van der Waals surface area contributed by atoms with E-state index >= 15 is 0 Å². The lowest BCUT2D eigenvalue weighted by molar-refractivity contribution is 0.252. The Kier molecular flexibility index (Phi) is 7.93. The Morgan fingerprint density at radius 1 is 1.44 bits per heavy atom. The molecule has 16 heavy (non-hydrogen) atoms. The summed E-state index contributed by atoms with van der Waals surface area (Å²) in [6, 6.07) is 1.78. The van der Waals surface area contributed by atoms with E-state index in [1.807, 2.05) is 32.8 Å². The Morgan fingerprint density at radius 2 is 2.06 bits per heavy atom. The van der Waals surface area contributed by atoms with Crippen molar-refractivity contribution in [2.45, 2.75) is 13.8 Å². The molecular formula is C11H20BrN3O. The van der Waals surface area contributed by atoms with Crippen LogP contribution in [0, 0.1) is 0 Å². The van der Waals surface area contributed by atoms with Gasteiger partial charge in [-0.3, -0.25) is 0 Å². The van der Waals surface area contributed by atoms with Crippen molar-refractivity contribution < 1.29 is 4.74 Å². The lowest BCUT2D eigenvalue weighted by Gasteiger charge is -2.11. The summed E-state index contributed by atoms with van der Waals surface area (Å²) in [6.45, 7) is 5.47. The molecule has 0 aliphatic heterocycles. The number of ether oxygens (including phenoxy) is 1. The smallest absolute Gasteiger partial charge is 0.228 e. The molecule has 0 radical (unpaired) electrons. The van der Waals surface area contributed by atoms with Crippen molar-refractivity contribution in [1.82, 2.24) is 9.88 Å². The summed E-state index contributed by atoms with van der Waals surface area (Å²) in [5.41, 5.74) is 6.17. The average Bonchev–Trinajstić information content (AvgIpc) is 2.24. The first-order valence-corrected chi connectivity index (χ1v) is 6.07. The minimum atomic E-state index is 0.584. The quantitative estimate of drug-likeness (QED) is 0.925. The van der Waals surface area contributed by atoms with E-state index in [9.17, 15) is 0 Å². The number of nitrogens with two attached hydrogens (primary N) is 1. The topological polar surface area (TPSA) is 51.4 Å². The van der Waals surface area contributed by atoms with Crippen LogP contribution in [0.2, 0.25) is 0 Å². The van der Waals surface area contributed by atoms with Crippen LogP contribution in [-0.4, -0.2) is 37.1 Å². The highest BCUT2D eigenvalue weighted by atomic mass is 79.9. The van der Waals surface area contributed by atoms with Crippen molar-refractivity contribution in [1.29, 1.82) is 0 Å². The van der Waals surface area contributed by atoms with Crippen molar-refractivity contribution in [3.05, 3.63) is 16.7 Å². The van der Waals surface area contributed by atoms with Crippen LogP contribution in [0.1, 0.15) is 13.8 Å². The standard InChI is InChI=1S/C9H14BrN3O.C2H6/c1-13(2)3-4-14-9-8(10)5-7(11)6-12-9;1-2/h5-6H,3-4,11H2,1-2H3;1-2H3. The van der Waals surface area contributed by atoms with E-state index in [0.717, 1.165) is 11.0 Å². The fourth-order valence-electron chi connectivity index (χ4n) is 0.871. The van der Waals surface area contributed by atoms with E-state index in [1.54, 1.807) is 12.3 Å². The van der Waals surface area contributed by atoms with Gasteiger partial charge in [-0.2, -0.15) is 0 Å². The van der Waals surface area contributed by atoms with Crippen molar-refractivity contribution in [2.75, 3.05) is 33.0 Å². The summed E-state index contributed by atoms with van der Waals surface area (Å²) >= 11 is 3.33. The first-order valence-electron chi connectivity index (χ1n) is 5.28. The lowest BCUT2D eigenvalue weighted by atomic mass is 10.4. The Morgan fingerprint density at radius 3 is 2.56 bits per heavy atom. The van der Waals surface area contributed by atoms with E-state index in [0.29, 0.717) is 18.2 Å². The summed E-state index contributed by atoms with van der Waals surface area (Å²) in [5, 5.41) is 0. The molecule has 1 aromatic rings. The van der Waals surface area contributed by atoms with Crippen LogP contribution in [0.15, 0.2) is 16.7 Å². The van der Waals surface area contributed by atoms with E-state index < -0.39 is 0 Å². The van der Waals surface area contributed by atoms with E-state index in [4.69, 9.17) is 10.5 Å². The SMILES string of the molecule is CC.CN(C)CCOc1ncc(N)cc1Br. The van der Waals surface area contributed by atoms with Crippen molar-refractivity contribution in [3.8, 4) is 5.88 Å². The monoisotopic (exact) mass is 289 g/mol. The van der Waals surface area contributed by atoms with Crippen LogP contribution in [0.4, 0.5) is 5.69 Å². The molecule has 0 fully saturated rings. The Bertz CT molecular complexity index is 305. The summed E-state index contributed by atoms with van der Waals surface area (Å²) in [4.78, 5) is 6.11. The Hall–Kier alpha value is -0.810. The van der Waals surface area contributed by atoms with Gasteiger partial charge < -0.3 is 15.4 Å². The third kappa shape index (κ3) is 5.92. The minimum absolute atomic E-state index is 0.584. The molecule has 1 heterocycles. The van der Waals surface area contributed by atoms with Gasteiger partial charge in [0, 0.05) is 6.54 Å². The summed E-state index contributed by atoms with van der Waals surface area (Å²) in [7, 11) is 3.99.